The molecule has 1 N–H and O–H groups in total. The Kier molecular flexibility index (Phi) is 5.15. The minimum atomic E-state index is -1.06. The van der Waals surface area contributed by atoms with Gasteiger partial charge in [-0.15, -0.1) is 0 Å². The molecule has 7 atom stereocenters. The molecule has 186 valence electrons. The lowest BCUT2D eigenvalue weighted by atomic mass is 9.70. The van der Waals surface area contributed by atoms with Crippen molar-refractivity contribution in [3.8, 4) is 0 Å². The van der Waals surface area contributed by atoms with E-state index < -0.39 is 47.5 Å². The lowest BCUT2D eigenvalue weighted by Crippen LogP contribution is -2.55. The number of ketones is 1. The largest absolute Gasteiger partial charge is 0.467 e. The van der Waals surface area contributed by atoms with E-state index in [1.807, 2.05) is 19.1 Å². The van der Waals surface area contributed by atoms with Gasteiger partial charge in [0.15, 0.2) is 0 Å². The van der Waals surface area contributed by atoms with Gasteiger partial charge in [-0.05, 0) is 37.3 Å². The van der Waals surface area contributed by atoms with Crippen molar-refractivity contribution in [1.82, 2.24) is 4.90 Å². The fourth-order valence-corrected chi connectivity index (χ4v) is 6.43. The highest BCUT2D eigenvalue weighted by molar-refractivity contribution is 6.01. The number of carbonyl (C=O) groups excluding carboxylic acids is 4. The van der Waals surface area contributed by atoms with Crippen LogP contribution in [-0.4, -0.2) is 52.8 Å². The highest BCUT2D eigenvalue weighted by Gasteiger charge is 2.74. The molecule has 2 amide bonds. The van der Waals surface area contributed by atoms with Gasteiger partial charge in [-0.2, -0.15) is 0 Å². The number of furan rings is 1. The summed E-state index contributed by atoms with van der Waals surface area (Å²) in [6.45, 7) is 3.78. The minimum absolute atomic E-state index is 0.0320. The Hall–Kier alpha value is -3.72. The van der Waals surface area contributed by atoms with Gasteiger partial charge in [0, 0.05) is 18.0 Å². The first-order chi connectivity index (χ1) is 17.4. The molecule has 1 spiro atoms. The molecule has 0 unspecified atom stereocenters. The molecule has 3 saturated heterocycles. The number of fused-ring (bicyclic) bond motifs is 2. The lowest BCUT2D eigenvalue weighted by molar-refractivity contribution is -0.147. The van der Waals surface area contributed by atoms with Crippen LogP contribution in [0.25, 0.3) is 0 Å². The molecule has 2 aromatic rings. The number of hydrogen-bond donors (Lipinski definition) is 1. The van der Waals surface area contributed by atoms with Crippen LogP contribution < -0.4 is 5.32 Å². The summed E-state index contributed by atoms with van der Waals surface area (Å²) >= 11 is 0. The number of rotatable bonds is 5. The molecule has 4 aliphatic rings. The zero-order chi connectivity index (χ0) is 25.2. The van der Waals surface area contributed by atoms with Gasteiger partial charge >= 0.3 is 5.97 Å². The molecule has 0 aliphatic carbocycles. The zero-order valence-electron chi connectivity index (χ0n) is 19.9. The summed E-state index contributed by atoms with van der Waals surface area (Å²) in [5, 5.41) is 2.86. The van der Waals surface area contributed by atoms with E-state index in [-0.39, 0.29) is 30.6 Å². The number of nitrogens with zero attached hydrogens (tertiary/aromatic N) is 1. The van der Waals surface area contributed by atoms with E-state index in [1.54, 1.807) is 48.2 Å². The molecule has 9 nitrogen and oxygen atoms in total. The van der Waals surface area contributed by atoms with Crippen molar-refractivity contribution in [2.24, 2.45) is 17.8 Å². The maximum Gasteiger partial charge on any atom is 0.338 e. The van der Waals surface area contributed by atoms with Crippen LogP contribution in [0, 0.1) is 17.8 Å². The molecule has 9 heteroatoms. The van der Waals surface area contributed by atoms with Crippen molar-refractivity contribution in [3.05, 3.63) is 66.1 Å². The molecule has 1 aromatic carbocycles. The fourth-order valence-electron chi connectivity index (χ4n) is 6.43. The number of Topliss-reactive ketones (excluding diaryl/α,β-unsaturated/α-hetero) is 1. The maximum absolute atomic E-state index is 14.0. The highest BCUT2D eigenvalue weighted by Crippen LogP contribution is 2.60. The first kappa shape index (κ1) is 22.7. The SMILES string of the molecule is CCOC(=O)c1cccc(NC(=O)[C@H]2[C@@H]3C=C[C@]4(O3)[C@@H]3[C@H](C)C(=O)C[C@H](c5ccco5)N3C(=O)[C@@H]24)c1. The van der Waals surface area contributed by atoms with Gasteiger partial charge in [-0.25, -0.2) is 4.79 Å². The summed E-state index contributed by atoms with van der Waals surface area (Å²) < 4.78 is 17.0. The molecule has 1 aromatic heterocycles. The monoisotopic (exact) mass is 490 g/mol. The number of carbonyl (C=O) groups is 4. The Bertz CT molecular complexity index is 1280. The zero-order valence-corrected chi connectivity index (χ0v) is 19.9. The average molecular weight is 491 g/mol. The van der Waals surface area contributed by atoms with Crippen molar-refractivity contribution in [2.75, 3.05) is 11.9 Å². The Labute approximate surface area is 207 Å². The molecule has 4 aliphatic heterocycles. The Morgan fingerprint density at radius 1 is 1.22 bits per heavy atom. The number of benzene rings is 1. The predicted octanol–water partition coefficient (Wildman–Crippen LogP) is 2.90. The van der Waals surface area contributed by atoms with Gasteiger partial charge in [0.05, 0.1) is 48.5 Å². The molecule has 5 heterocycles. The molecule has 36 heavy (non-hydrogen) atoms. The average Bonchev–Trinajstić information content (AvgIpc) is 3.64. The topological polar surface area (TPSA) is 115 Å². The molecule has 3 fully saturated rings. The van der Waals surface area contributed by atoms with Gasteiger partial charge in [-0.3, -0.25) is 14.4 Å². The summed E-state index contributed by atoms with van der Waals surface area (Å²) in [6, 6.07) is 8.91. The molecule has 2 bridgehead atoms. The van der Waals surface area contributed by atoms with Crippen LogP contribution in [0.15, 0.2) is 59.2 Å². The van der Waals surface area contributed by atoms with Crippen molar-refractivity contribution in [2.45, 2.75) is 44.1 Å². The van der Waals surface area contributed by atoms with Crippen molar-refractivity contribution < 1.29 is 33.1 Å². The van der Waals surface area contributed by atoms with Crippen LogP contribution in [0.2, 0.25) is 0 Å². The number of amides is 2. The second-order valence-corrected chi connectivity index (χ2v) is 9.77. The third-order valence-corrected chi connectivity index (χ3v) is 7.90. The summed E-state index contributed by atoms with van der Waals surface area (Å²) in [4.78, 5) is 54.4. The van der Waals surface area contributed by atoms with Crippen molar-refractivity contribution in [3.63, 3.8) is 0 Å². The number of ether oxygens (including phenoxy) is 2. The standard InChI is InChI=1S/C27H26N2O7/c1-3-34-26(33)15-6-4-7-16(12-15)28-24(31)21-20-9-10-27(36-20)22(21)25(32)29-17(19-8-5-11-35-19)13-18(30)14(2)23(27)29/h4-12,14,17,20-23H,3,13H2,1-2H3,(H,28,31)/t14-,17-,20+,21+,22-,23+,27-/m1/s1. The van der Waals surface area contributed by atoms with Gasteiger partial charge < -0.3 is 24.1 Å². The van der Waals surface area contributed by atoms with Crippen molar-refractivity contribution in [1.29, 1.82) is 0 Å². The van der Waals surface area contributed by atoms with Crippen molar-refractivity contribution >= 4 is 29.3 Å². The maximum atomic E-state index is 14.0. The fraction of sp³-hybridized carbons (Fsp3) is 0.407. The normalized spacial score (nSPS) is 34.0. The highest BCUT2D eigenvalue weighted by atomic mass is 16.5. The summed E-state index contributed by atoms with van der Waals surface area (Å²) in [7, 11) is 0. The number of esters is 1. The van der Waals surface area contributed by atoms with E-state index in [1.165, 1.54) is 6.26 Å². The molecular formula is C27H26N2O7. The first-order valence-corrected chi connectivity index (χ1v) is 12.2. The summed E-state index contributed by atoms with van der Waals surface area (Å²) in [5.74, 6) is -2.49. The number of anilines is 1. The van der Waals surface area contributed by atoms with E-state index in [0.29, 0.717) is 17.0 Å². The first-order valence-electron chi connectivity index (χ1n) is 12.2. The van der Waals surface area contributed by atoms with Gasteiger partial charge in [0.25, 0.3) is 0 Å². The summed E-state index contributed by atoms with van der Waals surface area (Å²) in [6.07, 6.45) is 4.78. The number of piperidine rings is 1. The molecule has 6 rings (SSSR count). The van der Waals surface area contributed by atoms with Gasteiger partial charge in [0.1, 0.15) is 17.1 Å². The van der Waals surface area contributed by atoms with Crippen LogP contribution in [0.5, 0.6) is 0 Å². The van der Waals surface area contributed by atoms with Crippen LogP contribution in [-0.2, 0) is 23.9 Å². The minimum Gasteiger partial charge on any atom is -0.467 e. The second kappa shape index (κ2) is 8.16. The van der Waals surface area contributed by atoms with E-state index >= 15 is 0 Å². The van der Waals surface area contributed by atoms with E-state index in [4.69, 9.17) is 13.9 Å². The van der Waals surface area contributed by atoms with Gasteiger partial charge in [0.2, 0.25) is 11.8 Å². The molecular weight excluding hydrogens is 464 g/mol. The lowest BCUT2D eigenvalue weighted by Gasteiger charge is -2.43. The number of nitrogens with one attached hydrogen (secondary N) is 1. The van der Waals surface area contributed by atoms with Gasteiger partial charge in [-0.1, -0.05) is 25.1 Å². The third kappa shape index (κ3) is 3.12. The third-order valence-electron chi connectivity index (χ3n) is 7.90. The Morgan fingerprint density at radius 3 is 2.81 bits per heavy atom. The van der Waals surface area contributed by atoms with E-state index in [2.05, 4.69) is 5.32 Å². The predicted molar refractivity (Wildman–Crippen MR) is 126 cm³/mol. The number of hydrogen-bond acceptors (Lipinski definition) is 7. The van der Waals surface area contributed by atoms with Crippen LogP contribution in [0.1, 0.15) is 42.4 Å². The molecule has 0 saturated carbocycles. The van der Waals surface area contributed by atoms with Crippen LogP contribution in [0.4, 0.5) is 5.69 Å². The van der Waals surface area contributed by atoms with Crippen LogP contribution in [0.3, 0.4) is 0 Å². The smallest absolute Gasteiger partial charge is 0.338 e. The Morgan fingerprint density at radius 2 is 2.06 bits per heavy atom. The van der Waals surface area contributed by atoms with E-state index in [0.717, 1.165) is 0 Å². The van der Waals surface area contributed by atoms with E-state index in [9.17, 15) is 19.2 Å². The van der Waals surface area contributed by atoms with Crippen LogP contribution >= 0.6 is 0 Å². The quantitative estimate of drug-likeness (QED) is 0.506. The second-order valence-electron chi connectivity index (χ2n) is 9.77. The molecule has 0 radical (unpaired) electrons. The Balaban J connectivity index is 1.32. The summed E-state index contributed by atoms with van der Waals surface area (Å²) in [5.41, 5.74) is -0.318.